The topological polar surface area (TPSA) is 112 Å². The fourth-order valence-electron chi connectivity index (χ4n) is 3.79. The molecule has 0 unspecified atom stereocenters. The molecule has 2 aliphatic rings. The number of carbonyl (C=O) groups is 2. The Hall–Kier alpha value is -4.24. The van der Waals surface area contributed by atoms with Crippen molar-refractivity contribution in [1.29, 1.82) is 0 Å². The summed E-state index contributed by atoms with van der Waals surface area (Å²) in [5.41, 5.74) is -0.117. The Morgan fingerprint density at radius 2 is 1.60 bits per heavy atom. The molecule has 0 spiro atoms. The maximum atomic E-state index is 14.3. The SMILES string of the molecule is O=C(O)C(F)(F)F.O=C(c1ccc(C(F)(F)F)cc1F)N1CCN(c2nc3cnccc3nc2NC2CC2)CC1. The van der Waals surface area contributed by atoms with Crippen LogP contribution in [0.3, 0.4) is 0 Å². The molecule has 1 aliphatic heterocycles. The van der Waals surface area contributed by atoms with Gasteiger partial charge in [-0.2, -0.15) is 26.3 Å². The lowest BCUT2D eigenvalue weighted by molar-refractivity contribution is -0.192. The third-order valence-electron chi connectivity index (χ3n) is 6.00. The lowest BCUT2D eigenvalue weighted by atomic mass is 10.1. The van der Waals surface area contributed by atoms with Crippen molar-refractivity contribution >= 4 is 34.5 Å². The number of amides is 1. The van der Waals surface area contributed by atoms with Gasteiger partial charge in [0.05, 0.1) is 22.8 Å². The Labute approximate surface area is 221 Å². The molecule has 1 amide bonds. The van der Waals surface area contributed by atoms with Crippen LogP contribution in [-0.4, -0.2) is 75.2 Å². The van der Waals surface area contributed by atoms with Crippen LogP contribution in [-0.2, 0) is 11.0 Å². The molecule has 9 nitrogen and oxygen atoms in total. The van der Waals surface area contributed by atoms with Crippen LogP contribution in [0.25, 0.3) is 11.0 Å². The van der Waals surface area contributed by atoms with Gasteiger partial charge in [0.2, 0.25) is 0 Å². The van der Waals surface area contributed by atoms with Crippen molar-refractivity contribution in [2.75, 3.05) is 36.4 Å². The third kappa shape index (κ3) is 6.84. The number of aromatic nitrogens is 3. The monoisotopic (exact) mass is 574 g/mol. The zero-order valence-corrected chi connectivity index (χ0v) is 20.4. The van der Waals surface area contributed by atoms with E-state index >= 15 is 0 Å². The molecular weight excluding hydrogens is 553 g/mol. The number of aliphatic carboxylic acids is 1. The number of piperazine rings is 1. The Kier molecular flexibility index (Phi) is 7.98. The predicted octanol–water partition coefficient (Wildman–Crippen LogP) is 4.35. The highest BCUT2D eigenvalue weighted by molar-refractivity contribution is 5.94. The van der Waals surface area contributed by atoms with E-state index in [1.54, 1.807) is 18.5 Å². The largest absolute Gasteiger partial charge is 0.490 e. The van der Waals surface area contributed by atoms with Gasteiger partial charge in [0.25, 0.3) is 5.91 Å². The highest BCUT2D eigenvalue weighted by atomic mass is 19.4. The number of carboxylic acid groups (broad SMARTS) is 1. The summed E-state index contributed by atoms with van der Waals surface area (Å²) in [6, 6.07) is 4.13. The number of nitrogens with zero attached hydrogens (tertiary/aromatic N) is 5. The van der Waals surface area contributed by atoms with Crippen LogP contribution in [0.2, 0.25) is 0 Å². The molecule has 5 rings (SSSR count). The summed E-state index contributed by atoms with van der Waals surface area (Å²) < 4.78 is 84.4. The molecule has 2 aromatic heterocycles. The first kappa shape index (κ1) is 28.8. The van der Waals surface area contributed by atoms with Crippen molar-refractivity contribution in [3.05, 3.63) is 53.6 Å². The normalized spacial score (nSPS) is 15.9. The summed E-state index contributed by atoms with van der Waals surface area (Å²) in [5, 5.41) is 10.5. The lowest BCUT2D eigenvalue weighted by Crippen LogP contribution is -2.49. The lowest BCUT2D eigenvalue weighted by Gasteiger charge is -2.36. The highest BCUT2D eigenvalue weighted by Crippen LogP contribution is 2.32. The standard InChI is InChI=1S/C22H20F4N6O.C2HF3O2/c23-16-11-13(22(24,25)26)1-4-15(16)21(33)32-9-7-31(8-10-32)20-19(28-14-2-3-14)29-17-5-6-27-12-18(17)30-20;3-2(4,5)1(6)7/h1,4-6,11-12,14H,2-3,7-10H2,(H,28,29);(H,6,7). The van der Waals surface area contributed by atoms with Gasteiger partial charge in [0.1, 0.15) is 11.3 Å². The van der Waals surface area contributed by atoms with Crippen LogP contribution in [0.5, 0.6) is 0 Å². The molecular formula is C24H21F7N6O3. The smallest absolute Gasteiger partial charge is 0.475 e. The number of nitrogens with one attached hydrogen (secondary N) is 1. The van der Waals surface area contributed by atoms with Crippen molar-refractivity contribution < 1.29 is 45.4 Å². The fourth-order valence-corrected chi connectivity index (χ4v) is 3.79. The molecule has 2 N–H and O–H groups in total. The molecule has 0 bridgehead atoms. The zero-order chi connectivity index (χ0) is 29.2. The van der Waals surface area contributed by atoms with E-state index in [2.05, 4.69) is 10.3 Å². The molecule has 3 aromatic rings. The maximum Gasteiger partial charge on any atom is 0.490 e. The van der Waals surface area contributed by atoms with E-state index in [1.807, 2.05) is 4.90 Å². The first-order valence-electron chi connectivity index (χ1n) is 11.8. The van der Waals surface area contributed by atoms with E-state index < -0.39 is 35.6 Å². The van der Waals surface area contributed by atoms with Crippen LogP contribution in [0, 0.1) is 5.82 Å². The van der Waals surface area contributed by atoms with Gasteiger partial charge in [0, 0.05) is 38.4 Å². The number of carbonyl (C=O) groups excluding carboxylic acids is 1. The van der Waals surface area contributed by atoms with Crippen LogP contribution in [0.4, 0.5) is 42.4 Å². The van der Waals surface area contributed by atoms with Gasteiger partial charge in [-0.25, -0.2) is 19.2 Å². The highest BCUT2D eigenvalue weighted by Gasteiger charge is 2.38. The molecule has 1 aromatic carbocycles. The Morgan fingerprint density at radius 1 is 0.950 bits per heavy atom. The first-order valence-corrected chi connectivity index (χ1v) is 11.8. The van der Waals surface area contributed by atoms with E-state index in [1.165, 1.54) is 4.90 Å². The Balaban J connectivity index is 0.000000470. The maximum absolute atomic E-state index is 14.3. The minimum Gasteiger partial charge on any atom is -0.475 e. The Bertz CT molecular complexity index is 1400. The van der Waals surface area contributed by atoms with Gasteiger partial charge < -0.3 is 20.2 Å². The zero-order valence-electron chi connectivity index (χ0n) is 20.4. The second-order valence-electron chi connectivity index (χ2n) is 8.95. The molecule has 0 atom stereocenters. The van der Waals surface area contributed by atoms with Crippen molar-refractivity contribution in [3.63, 3.8) is 0 Å². The number of rotatable bonds is 4. The molecule has 1 saturated heterocycles. The van der Waals surface area contributed by atoms with Crippen LogP contribution in [0.1, 0.15) is 28.8 Å². The first-order chi connectivity index (χ1) is 18.7. The van der Waals surface area contributed by atoms with Gasteiger partial charge in [0.15, 0.2) is 11.6 Å². The average molecular weight is 574 g/mol. The number of hydrogen-bond acceptors (Lipinski definition) is 7. The van der Waals surface area contributed by atoms with Gasteiger partial charge in [-0.1, -0.05) is 0 Å². The second kappa shape index (κ2) is 11.1. The van der Waals surface area contributed by atoms with Crippen molar-refractivity contribution in [2.24, 2.45) is 0 Å². The minimum atomic E-state index is -5.08. The molecule has 2 fully saturated rings. The molecule has 1 saturated carbocycles. The van der Waals surface area contributed by atoms with Gasteiger partial charge >= 0.3 is 18.3 Å². The number of halogens is 7. The summed E-state index contributed by atoms with van der Waals surface area (Å²) in [5.74, 6) is -3.24. The third-order valence-corrected chi connectivity index (χ3v) is 6.00. The summed E-state index contributed by atoms with van der Waals surface area (Å²) >= 11 is 0. The summed E-state index contributed by atoms with van der Waals surface area (Å²) in [6.45, 7) is 1.39. The van der Waals surface area contributed by atoms with Crippen LogP contribution in [0.15, 0.2) is 36.7 Å². The number of anilines is 2. The molecule has 0 radical (unpaired) electrons. The molecule has 3 heterocycles. The van der Waals surface area contributed by atoms with E-state index in [9.17, 15) is 35.5 Å². The predicted molar refractivity (Wildman–Crippen MR) is 127 cm³/mol. The number of carboxylic acids is 1. The Morgan fingerprint density at radius 3 is 2.15 bits per heavy atom. The van der Waals surface area contributed by atoms with Crippen LogP contribution >= 0.6 is 0 Å². The average Bonchev–Trinajstić information content (AvgIpc) is 3.71. The summed E-state index contributed by atoms with van der Waals surface area (Å²) in [6.07, 6.45) is -4.33. The quantitative estimate of drug-likeness (QED) is 0.443. The second-order valence-corrected chi connectivity index (χ2v) is 8.95. The minimum absolute atomic E-state index is 0.273. The number of alkyl halides is 6. The molecule has 40 heavy (non-hydrogen) atoms. The number of pyridine rings is 1. The van der Waals surface area contributed by atoms with Gasteiger partial charge in [-0.05, 0) is 37.1 Å². The van der Waals surface area contributed by atoms with Crippen molar-refractivity contribution in [1.82, 2.24) is 19.9 Å². The van der Waals surface area contributed by atoms with Crippen LogP contribution < -0.4 is 10.2 Å². The van der Waals surface area contributed by atoms with E-state index in [0.717, 1.165) is 30.5 Å². The summed E-state index contributed by atoms with van der Waals surface area (Å²) in [4.78, 5) is 38.6. The van der Waals surface area contributed by atoms with E-state index in [0.29, 0.717) is 42.4 Å². The number of hydrogen-bond donors (Lipinski definition) is 2. The molecule has 16 heteroatoms. The number of fused-ring (bicyclic) bond motifs is 1. The van der Waals surface area contributed by atoms with Crippen molar-refractivity contribution in [3.8, 4) is 0 Å². The summed E-state index contributed by atoms with van der Waals surface area (Å²) in [7, 11) is 0. The van der Waals surface area contributed by atoms with Gasteiger partial charge in [-0.3, -0.25) is 9.78 Å². The van der Waals surface area contributed by atoms with Crippen molar-refractivity contribution in [2.45, 2.75) is 31.2 Å². The van der Waals surface area contributed by atoms with E-state index in [-0.39, 0.29) is 18.7 Å². The van der Waals surface area contributed by atoms with Gasteiger partial charge in [-0.15, -0.1) is 0 Å². The fraction of sp³-hybridized carbons (Fsp3) is 0.375. The molecule has 214 valence electrons. The van der Waals surface area contributed by atoms with E-state index in [4.69, 9.17) is 19.9 Å². The molecule has 1 aliphatic carbocycles. The number of benzene rings is 1.